The number of carbonyl (C=O) groups is 1. The molecule has 3 atom stereocenters. The van der Waals surface area contributed by atoms with Crippen molar-refractivity contribution in [2.24, 2.45) is 5.92 Å². The fraction of sp³-hybridized carbons (Fsp3) is 0.647. The number of likely N-dealkylation sites (tertiary alicyclic amines) is 1. The lowest BCUT2D eigenvalue weighted by atomic mass is 9.94. The van der Waals surface area contributed by atoms with Gasteiger partial charge in [-0.05, 0) is 50.7 Å². The van der Waals surface area contributed by atoms with E-state index in [1.165, 1.54) is 5.56 Å². The van der Waals surface area contributed by atoms with Crippen molar-refractivity contribution in [1.82, 2.24) is 20.1 Å². The van der Waals surface area contributed by atoms with Gasteiger partial charge in [0.25, 0.3) is 0 Å². The van der Waals surface area contributed by atoms with Crippen LogP contribution in [0.25, 0.3) is 0 Å². The Morgan fingerprint density at radius 1 is 1.61 bits per heavy atom. The fourth-order valence-electron chi connectivity index (χ4n) is 3.34. The average Bonchev–Trinajstić information content (AvgIpc) is 2.88. The molecule has 6 heteroatoms. The maximum Gasteiger partial charge on any atom is 0.317 e. The molecule has 128 valence electrons. The Balaban J connectivity index is 1.96. The first-order chi connectivity index (χ1) is 11.0. The first-order valence-corrected chi connectivity index (χ1v) is 9.53. The summed E-state index contributed by atoms with van der Waals surface area (Å²) in [5.74, 6) is 1.38. The summed E-state index contributed by atoms with van der Waals surface area (Å²) in [5, 5.41) is 3.06. The van der Waals surface area contributed by atoms with Gasteiger partial charge in [0.05, 0.1) is 0 Å². The Morgan fingerprint density at radius 2 is 2.39 bits per heavy atom. The van der Waals surface area contributed by atoms with Gasteiger partial charge in [0, 0.05) is 43.8 Å². The zero-order chi connectivity index (χ0) is 16.8. The second-order valence-electron chi connectivity index (χ2n) is 6.45. The van der Waals surface area contributed by atoms with Crippen molar-refractivity contribution >= 4 is 17.8 Å². The standard InChI is InChI=1S/C17H28N4OS/c1-13(12-23-4)19-17(22)21(3)11-15-7-9-20(2)16(15)14-6-5-8-18-10-14/h5-6,8,10,13,15-16H,7,9,11-12H2,1-4H3,(H,19,22)/t13?,15-,16-/m0/s1. The van der Waals surface area contributed by atoms with E-state index in [4.69, 9.17) is 0 Å². The Hall–Kier alpha value is -1.27. The molecular weight excluding hydrogens is 308 g/mol. The summed E-state index contributed by atoms with van der Waals surface area (Å²) in [6.07, 6.45) is 6.91. The maximum absolute atomic E-state index is 12.3. The summed E-state index contributed by atoms with van der Waals surface area (Å²) in [5.41, 5.74) is 1.24. The molecule has 0 aliphatic carbocycles. The molecule has 23 heavy (non-hydrogen) atoms. The number of nitrogens with zero attached hydrogens (tertiary/aromatic N) is 3. The topological polar surface area (TPSA) is 48.5 Å². The zero-order valence-corrected chi connectivity index (χ0v) is 15.3. The molecule has 1 aromatic heterocycles. The molecule has 0 saturated carbocycles. The predicted octanol–water partition coefficient (Wildman–Crippen LogP) is 2.47. The highest BCUT2D eigenvalue weighted by Crippen LogP contribution is 2.36. The number of carbonyl (C=O) groups excluding carboxylic acids is 1. The molecule has 0 radical (unpaired) electrons. The van der Waals surface area contributed by atoms with Crippen LogP contribution in [0, 0.1) is 5.92 Å². The monoisotopic (exact) mass is 336 g/mol. The molecule has 1 N–H and O–H groups in total. The van der Waals surface area contributed by atoms with Crippen LogP contribution < -0.4 is 5.32 Å². The maximum atomic E-state index is 12.3. The molecule has 2 heterocycles. The van der Waals surface area contributed by atoms with E-state index >= 15 is 0 Å². The quantitative estimate of drug-likeness (QED) is 0.867. The van der Waals surface area contributed by atoms with E-state index < -0.39 is 0 Å². The molecule has 1 aliphatic heterocycles. The number of pyridine rings is 1. The predicted molar refractivity (Wildman–Crippen MR) is 96.7 cm³/mol. The molecule has 0 spiro atoms. The molecule has 1 fully saturated rings. The Kier molecular flexibility index (Phi) is 6.72. The number of hydrogen-bond donors (Lipinski definition) is 1. The third-order valence-electron chi connectivity index (χ3n) is 4.44. The van der Waals surface area contributed by atoms with Crippen molar-refractivity contribution < 1.29 is 4.79 Å². The minimum atomic E-state index is 0.0195. The van der Waals surface area contributed by atoms with Gasteiger partial charge < -0.3 is 10.2 Å². The molecule has 0 aromatic carbocycles. The summed E-state index contributed by atoms with van der Waals surface area (Å²) in [6.45, 7) is 3.87. The first kappa shape index (κ1) is 18.1. The van der Waals surface area contributed by atoms with Crippen molar-refractivity contribution in [2.75, 3.05) is 39.2 Å². The number of aromatic nitrogens is 1. The normalized spacial score (nSPS) is 22.8. The lowest BCUT2D eigenvalue weighted by Gasteiger charge is -2.29. The molecule has 1 aromatic rings. The molecule has 2 amide bonds. The summed E-state index contributed by atoms with van der Waals surface area (Å²) >= 11 is 1.75. The van der Waals surface area contributed by atoms with E-state index in [-0.39, 0.29) is 12.1 Å². The second kappa shape index (κ2) is 8.55. The molecule has 5 nitrogen and oxygen atoms in total. The number of urea groups is 1. The smallest absolute Gasteiger partial charge is 0.317 e. The Morgan fingerprint density at radius 3 is 3.04 bits per heavy atom. The third kappa shape index (κ3) is 4.85. The Bertz CT molecular complexity index is 499. The number of nitrogens with one attached hydrogen (secondary N) is 1. The minimum Gasteiger partial charge on any atom is -0.335 e. The van der Waals surface area contributed by atoms with E-state index in [1.54, 1.807) is 18.0 Å². The molecule has 0 bridgehead atoms. The molecular formula is C17H28N4OS. The summed E-state index contributed by atoms with van der Waals surface area (Å²) < 4.78 is 0. The van der Waals surface area contributed by atoms with E-state index in [1.807, 2.05) is 31.1 Å². The van der Waals surface area contributed by atoms with Gasteiger partial charge in [-0.15, -0.1) is 0 Å². The van der Waals surface area contributed by atoms with Crippen LogP contribution in [0.4, 0.5) is 4.79 Å². The van der Waals surface area contributed by atoms with E-state index in [0.717, 1.165) is 25.3 Å². The van der Waals surface area contributed by atoms with Crippen LogP contribution in [0.3, 0.4) is 0 Å². The van der Waals surface area contributed by atoms with Gasteiger partial charge in [-0.2, -0.15) is 11.8 Å². The second-order valence-corrected chi connectivity index (χ2v) is 7.36. The number of amides is 2. The van der Waals surface area contributed by atoms with Crippen LogP contribution in [0.15, 0.2) is 24.5 Å². The van der Waals surface area contributed by atoms with Crippen molar-refractivity contribution in [3.8, 4) is 0 Å². The van der Waals surface area contributed by atoms with E-state index in [2.05, 4.69) is 34.6 Å². The van der Waals surface area contributed by atoms with Crippen molar-refractivity contribution in [3.63, 3.8) is 0 Å². The lowest BCUT2D eigenvalue weighted by Crippen LogP contribution is -2.45. The van der Waals surface area contributed by atoms with Gasteiger partial charge in [0.2, 0.25) is 0 Å². The van der Waals surface area contributed by atoms with Gasteiger partial charge in [-0.1, -0.05) is 6.07 Å². The molecule has 1 unspecified atom stereocenters. The molecule has 1 aliphatic rings. The molecule has 2 rings (SSSR count). The highest BCUT2D eigenvalue weighted by Gasteiger charge is 2.34. The first-order valence-electron chi connectivity index (χ1n) is 8.13. The largest absolute Gasteiger partial charge is 0.335 e. The Labute approximate surface area is 143 Å². The van der Waals surface area contributed by atoms with Crippen molar-refractivity contribution in [3.05, 3.63) is 30.1 Å². The fourth-order valence-corrected chi connectivity index (χ4v) is 3.93. The van der Waals surface area contributed by atoms with Gasteiger partial charge in [-0.25, -0.2) is 4.79 Å². The summed E-state index contributed by atoms with van der Waals surface area (Å²) in [6, 6.07) is 4.67. The van der Waals surface area contributed by atoms with Crippen LogP contribution in [0.1, 0.15) is 24.9 Å². The van der Waals surface area contributed by atoms with Crippen LogP contribution in [0.2, 0.25) is 0 Å². The van der Waals surface area contributed by atoms with Gasteiger partial charge in [0.15, 0.2) is 0 Å². The van der Waals surface area contributed by atoms with Gasteiger partial charge in [0.1, 0.15) is 0 Å². The number of hydrogen-bond acceptors (Lipinski definition) is 4. The van der Waals surface area contributed by atoms with Crippen LogP contribution in [-0.2, 0) is 0 Å². The minimum absolute atomic E-state index is 0.0195. The highest BCUT2D eigenvalue weighted by atomic mass is 32.2. The van der Waals surface area contributed by atoms with Crippen LogP contribution in [0.5, 0.6) is 0 Å². The van der Waals surface area contributed by atoms with Crippen molar-refractivity contribution in [1.29, 1.82) is 0 Å². The highest BCUT2D eigenvalue weighted by molar-refractivity contribution is 7.98. The number of rotatable bonds is 6. The number of thioether (sulfide) groups is 1. The third-order valence-corrected chi connectivity index (χ3v) is 5.27. The lowest BCUT2D eigenvalue weighted by molar-refractivity contribution is 0.187. The SMILES string of the molecule is CSCC(C)NC(=O)N(C)C[C@@H]1CCN(C)[C@H]1c1cccnc1. The van der Waals surface area contributed by atoms with E-state index in [9.17, 15) is 4.79 Å². The van der Waals surface area contributed by atoms with Crippen molar-refractivity contribution in [2.45, 2.75) is 25.4 Å². The van der Waals surface area contributed by atoms with E-state index in [0.29, 0.717) is 12.0 Å². The summed E-state index contributed by atoms with van der Waals surface area (Å²) in [7, 11) is 4.04. The van der Waals surface area contributed by atoms with Gasteiger partial charge in [-0.3, -0.25) is 9.88 Å². The average molecular weight is 337 g/mol. The van der Waals surface area contributed by atoms with Gasteiger partial charge >= 0.3 is 6.03 Å². The van der Waals surface area contributed by atoms with Crippen LogP contribution in [-0.4, -0.2) is 66.1 Å². The zero-order valence-electron chi connectivity index (χ0n) is 14.5. The molecule has 1 saturated heterocycles. The summed E-state index contributed by atoms with van der Waals surface area (Å²) in [4.78, 5) is 20.8. The van der Waals surface area contributed by atoms with Crippen LogP contribution >= 0.6 is 11.8 Å².